The van der Waals surface area contributed by atoms with E-state index in [9.17, 15) is 13.6 Å². The van der Waals surface area contributed by atoms with E-state index in [0.717, 1.165) is 6.07 Å². The molecule has 0 heterocycles. The van der Waals surface area contributed by atoms with Gasteiger partial charge in [-0.15, -0.1) is 0 Å². The molecular formula is C9H7BrF2OS. The molecule has 1 aromatic carbocycles. The van der Waals surface area contributed by atoms with E-state index in [1.54, 1.807) is 6.26 Å². The van der Waals surface area contributed by atoms with Gasteiger partial charge in [-0.3, -0.25) is 4.79 Å². The van der Waals surface area contributed by atoms with Gasteiger partial charge in [-0.05, 0) is 34.3 Å². The zero-order chi connectivity index (χ0) is 10.7. The molecule has 0 fully saturated rings. The zero-order valence-corrected chi connectivity index (χ0v) is 9.71. The molecule has 0 amide bonds. The molecule has 0 aliphatic heterocycles. The second-order valence-electron chi connectivity index (χ2n) is 2.57. The minimum absolute atomic E-state index is 0.0737. The summed E-state index contributed by atoms with van der Waals surface area (Å²) < 4.78 is 26.5. The summed E-state index contributed by atoms with van der Waals surface area (Å²) in [4.78, 5) is 11.3. The van der Waals surface area contributed by atoms with Crippen LogP contribution >= 0.6 is 27.7 Å². The van der Waals surface area contributed by atoms with Crippen LogP contribution in [0.15, 0.2) is 16.6 Å². The van der Waals surface area contributed by atoms with Crippen molar-refractivity contribution < 1.29 is 13.6 Å². The Bertz CT molecular complexity index is 368. The molecule has 0 N–H and O–H groups in total. The maximum Gasteiger partial charge on any atom is 0.178 e. The normalized spacial score (nSPS) is 10.3. The van der Waals surface area contributed by atoms with Crippen LogP contribution in [0.5, 0.6) is 0 Å². The third-order valence-electron chi connectivity index (χ3n) is 1.60. The number of ketones is 1. The first-order chi connectivity index (χ1) is 6.57. The van der Waals surface area contributed by atoms with Crippen LogP contribution in [0, 0.1) is 11.6 Å². The largest absolute Gasteiger partial charge is 0.293 e. The molecule has 1 nitrogen and oxygen atoms in total. The summed E-state index contributed by atoms with van der Waals surface area (Å²) in [6, 6.07) is 2.31. The summed E-state index contributed by atoms with van der Waals surface area (Å²) in [6.07, 6.45) is 1.70. The third-order valence-corrected chi connectivity index (χ3v) is 2.76. The Hall–Kier alpha value is -0.420. The number of halogens is 3. The fraction of sp³-hybridized carbons (Fsp3) is 0.222. The van der Waals surface area contributed by atoms with Crippen LogP contribution in [0.3, 0.4) is 0 Å². The van der Waals surface area contributed by atoms with Crippen LogP contribution in [-0.4, -0.2) is 17.8 Å². The lowest BCUT2D eigenvalue weighted by molar-refractivity contribution is 0.101. The van der Waals surface area contributed by atoms with Crippen molar-refractivity contribution in [1.82, 2.24) is 0 Å². The number of rotatable bonds is 3. The van der Waals surface area contributed by atoms with E-state index in [4.69, 9.17) is 0 Å². The maximum atomic E-state index is 13.3. The van der Waals surface area contributed by atoms with Crippen LogP contribution in [0.1, 0.15) is 10.4 Å². The van der Waals surface area contributed by atoms with E-state index >= 15 is 0 Å². The lowest BCUT2D eigenvalue weighted by Gasteiger charge is -2.04. The Balaban J connectivity index is 3.18. The number of carbonyl (C=O) groups excluding carboxylic acids is 1. The summed E-state index contributed by atoms with van der Waals surface area (Å²) >= 11 is 4.13. The minimum atomic E-state index is -0.830. The molecule has 0 aliphatic rings. The first-order valence-corrected chi connectivity index (χ1v) is 5.92. The Morgan fingerprint density at radius 3 is 2.71 bits per heavy atom. The van der Waals surface area contributed by atoms with Gasteiger partial charge in [0.2, 0.25) is 0 Å². The summed E-state index contributed by atoms with van der Waals surface area (Å²) in [7, 11) is 0. The predicted molar refractivity (Wildman–Crippen MR) is 56.8 cm³/mol. The highest BCUT2D eigenvalue weighted by Gasteiger charge is 2.18. The van der Waals surface area contributed by atoms with Gasteiger partial charge in [-0.2, -0.15) is 11.8 Å². The quantitative estimate of drug-likeness (QED) is 0.624. The molecule has 1 aromatic rings. The summed E-state index contributed by atoms with van der Waals surface area (Å²) in [6.45, 7) is 0. The van der Waals surface area contributed by atoms with Gasteiger partial charge < -0.3 is 0 Å². The number of Topliss-reactive ketones (excluding diaryl/α,β-unsaturated/α-hetero) is 1. The maximum absolute atomic E-state index is 13.3. The van der Waals surface area contributed by atoms with Crippen LogP contribution in [0.25, 0.3) is 0 Å². The summed E-state index contributed by atoms with van der Waals surface area (Å²) in [5.41, 5.74) is -0.464. The van der Waals surface area contributed by atoms with Crippen molar-refractivity contribution >= 4 is 33.5 Å². The molecule has 0 aliphatic carbocycles. The smallest absolute Gasteiger partial charge is 0.178 e. The molecule has 0 unspecified atom stereocenters. The molecule has 0 aromatic heterocycles. The molecule has 14 heavy (non-hydrogen) atoms. The Morgan fingerprint density at radius 1 is 1.50 bits per heavy atom. The lowest BCUT2D eigenvalue weighted by atomic mass is 10.1. The highest BCUT2D eigenvalue weighted by Crippen LogP contribution is 2.22. The molecule has 76 valence electrons. The molecule has 0 saturated carbocycles. The van der Waals surface area contributed by atoms with Crippen LogP contribution in [0.4, 0.5) is 8.78 Å². The number of hydrogen-bond acceptors (Lipinski definition) is 2. The van der Waals surface area contributed by atoms with E-state index in [1.165, 1.54) is 17.8 Å². The first-order valence-electron chi connectivity index (χ1n) is 3.73. The van der Waals surface area contributed by atoms with E-state index in [-0.39, 0.29) is 10.2 Å². The highest BCUT2D eigenvalue weighted by atomic mass is 79.9. The topological polar surface area (TPSA) is 17.1 Å². The number of carbonyl (C=O) groups is 1. The van der Waals surface area contributed by atoms with Crippen molar-refractivity contribution in [3.63, 3.8) is 0 Å². The molecule has 0 radical (unpaired) electrons. The van der Waals surface area contributed by atoms with Gasteiger partial charge in [0, 0.05) is 0 Å². The van der Waals surface area contributed by atoms with Crippen molar-refractivity contribution in [1.29, 1.82) is 0 Å². The Morgan fingerprint density at radius 2 is 2.14 bits per heavy atom. The van der Waals surface area contributed by atoms with Crippen LogP contribution in [-0.2, 0) is 0 Å². The third kappa shape index (κ3) is 2.33. The van der Waals surface area contributed by atoms with Gasteiger partial charge in [-0.25, -0.2) is 8.78 Å². The lowest BCUT2D eigenvalue weighted by Crippen LogP contribution is -2.08. The Labute approximate surface area is 93.0 Å². The van der Waals surface area contributed by atoms with Gasteiger partial charge in [0.05, 0.1) is 15.8 Å². The highest BCUT2D eigenvalue weighted by molar-refractivity contribution is 9.10. The van der Waals surface area contributed by atoms with E-state index in [2.05, 4.69) is 15.9 Å². The average Bonchev–Trinajstić information content (AvgIpc) is 2.13. The molecule has 1 rings (SSSR count). The first kappa shape index (κ1) is 11.7. The van der Waals surface area contributed by atoms with Gasteiger partial charge in [0.15, 0.2) is 11.6 Å². The molecule has 0 atom stereocenters. The monoisotopic (exact) mass is 280 g/mol. The zero-order valence-electron chi connectivity index (χ0n) is 7.31. The fourth-order valence-electron chi connectivity index (χ4n) is 0.986. The molecular weight excluding hydrogens is 274 g/mol. The van der Waals surface area contributed by atoms with Crippen molar-refractivity contribution in [2.45, 2.75) is 0 Å². The average molecular weight is 281 g/mol. The van der Waals surface area contributed by atoms with Gasteiger partial charge >= 0.3 is 0 Å². The van der Waals surface area contributed by atoms with Crippen LogP contribution in [0.2, 0.25) is 0 Å². The second kappa shape index (κ2) is 4.89. The molecule has 0 spiro atoms. The van der Waals surface area contributed by atoms with Crippen molar-refractivity contribution in [2.24, 2.45) is 0 Å². The van der Waals surface area contributed by atoms with Gasteiger partial charge in [0.1, 0.15) is 5.82 Å². The van der Waals surface area contributed by atoms with Crippen molar-refractivity contribution in [3.05, 3.63) is 33.8 Å². The number of thioether (sulfide) groups is 1. The summed E-state index contributed by atoms with van der Waals surface area (Å²) in [5, 5.41) is 0. The Kier molecular flexibility index (Phi) is 4.07. The van der Waals surface area contributed by atoms with Gasteiger partial charge in [0.25, 0.3) is 0 Å². The molecule has 5 heteroatoms. The van der Waals surface area contributed by atoms with Crippen molar-refractivity contribution in [2.75, 3.05) is 12.0 Å². The van der Waals surface area contributed by atoms with Crippen LogP contribution < -0.4 is 0 Å². The van der Waals surface area contributed by atoms with Gasteiger partial charge in [-0.1, -0.05) is 0 Å². The SMILES string of the molecule is CSCC(=O)c1c(F)ccc(Br)c1F. The summed E-state index contributed by atoms with van der Waals surface area (Å²) in [5.74, 6) is -2.10. The van der Waals surface area contributed by atoms with E-state index in [0.29, 0.717) is 0 Å². The van der Waals surface area contributed by atoms with E-state index in [1.807, 2.05) is 0 Å². The van der Waals surface area contributed by atoms with Crippen molar-refractivity contribution in [3.8, 4) is 0 Å². The number of benzene rings is 1. The standard InChI is InChI=1S/C9H7BrF2OS/c1-14-4-7(13)8-6(11)3-2-5(10)9(8)12/h2-3H,4H2,1H3. The minimum Gasteiger partial charge on any atom is -0.293 e. The molecule has 0 saturated heterocycles. The predicted octanol–water partition coefficient (Wildman–Crippen LogP) is 3.27. The fourth-order valence-corrected chi connectivity index (χ4v) is 1.72. The second-order valence-corrected chi connectivity index (χ2v) is 4.29. The van der Waals surface area contributed by atoms with E-state index < -0.39 is 23.0 Å². The molecule has 0 bridgehead atoms. The number of hydrogen-bond donors (Lipinski definition) is 0.